The molecule has 0 spiro atoms. The Balaban J connectivity index is 1.57. The van der Waals surface area contributed by atoms with Crippen molar-refractivity contribution in [3.63, 3.8) is 0 Å². The number of amides is 1. The molecule has 2 heteroatoms. The zero-order chi connectivity index (χ0) is 17.1. The maximum Gasteiger partial charge on any atom is 0.224 e. The van der Waals surface area contributed by atoms with Crippen molar-refractivity contribution in [2.24, 2.45) is 5.92 Å². The Bertz CT molecular complexity index is 804. The predicted octanol–water partition coefficient (Wildman–Crippen LogP) is 4.31. The molecule has 0 radical (unpaired) electrons. The third-order valence-electron chi connectivity index (χ3n) is 5.16. The second kappa shape index (κ2) is 6.56. The zero-order valence-corrected chi connectivity index (χ0v) is 14.1. The van der Waals surface area contributed by atoms with Gasteiger partial charge in [0.05, 0.1) is 5.92 Å². The first kappa shape index (κ1) is 15.6. The number of carbonyl (C=O) groups excluding carboxylic acids is 1. The molecule has 0 heterocycles. The fourth-order valence-corrected chi connectivity index (χ4v) is 3.76. The SMILES string of the molecule is O=C(NCc1ccccc1)[C@H]1CC1(c1ccccc1)c1ccccc1. The fraction of sp³-hybridized carbons (Fsp3) is 0.174. The summed E-state index contributed by atoms with van der Waals surface area (Å²) in [6.07, 6.45) is 0.863. The van der Waals surface area contributed by atoms with Gasteiger partial charge in [0.15, 0.2) is 0 Å². The first-order valence-corrected chi connectivity index (χ1v) is 8.73. The summed E-state index contributed by atoms with van der Waals surface area (Å²) in [5.41, 5.74) is 3.38. The number of carbonyl (C=O) groups is 1. The molecule has 25 heavy (non-hydrogen) atoms. The number of hydrogen-bond acceptors (Lipinski definition) is 1. The van der Waals surface area contributed by atoms with Crippen LogP contribution in [-0.4, -0.2) is 5.91 Å². The number of benzene rings is 3. The molecular formula is C23H21NO. The van der Waals surface area contributed by atoms with Crippen LogP contribution in [0, 0.1) is 5.92 Å². The summed E-state index contributed by atoms with van der Waals surface area (Å²) in [4.78, 5) is 12.8. The molecule has 1 amide bonds. The van der Waals surface area contributed by atoms with E-state index >= 15 is 0 Å². The lowest BCUT2D eigenvalue weighted by Crippen LogP contribution is -2.28. The smallest absolute Gasteiger partial charge is 0.224 e. The van der Waals surface area contributed by atoms with Crippen LogP contribution < -0.4 is 5.32 Å². The summed E-state index contributed by atoms with van der Waals surface area (Å²) < 4.78 is 0. The van der Waals surface area contributed by atoms with Crippen LogP contribution in [0.4, 0.5) is 0 Å². The van der Waals surface area contributed by atoms with E-state index in [1.54, 1.807) is 0 Å². The van der Waals surface area contributed by atoms with E-state index in [1.807, 2.05) is 42.5 Å². The standard InChI is InChI=1S/C23H21NO/c25-22(24-17-18-10-4-1-5-11-18)21-16-23(21,19-12-6-2-7-13-19)20-14-8-3-9-15-20/h1-15,21H,16-17H2,(H,24,25)/t21-/m1/s1. The van der Waals surface area contributed by atoms with Crippen molar-refractivity contribution in [1.29, 1.82) is 0 Å². The molecule has 1 aliphatic rings. The van der Waals surface area contributed by atoms with Crippen LogP contribution in [0.3, 0.4) is 0 Å². The molecule has 1 N–H and O–H groups in total. The van der Waals surface area contributed by atoms with Gasteiger partial charge in [-0.1, -0.05) is 91.0 Å². The van der Waals surface area contributed by atoms with Crippen molar-refractivity contribution in [1.82, 2.24) is 5.32 Å². The molecule has 1 aliphatic carbocycles. The van der Waals surface area contributed by atoms with Crippen molar-refractivity contribution in [3.8, 4) is 0 Å². The molecule has 1 saturated carbocycles. The normalized spacial score (nSPS) is 17.7. The molecule has 4 rings (SSSR count). The average Bonchev–Trinajstić information content (AvgIpc) is 3.45. The van der Waals surface area contributed by atoms with Gasteiger partial charge in [-0.25, -0.2) is 0 Å². The van der Waals surface area contributed by atoms with Gasteiger partial charge < -0.3 is 5.32 Å². The Kier molecular flexibility index (Phi) is 4.10. The minimum Gasteiger partial charge on any atom is -0.352 e. The van der Waals surface area contributed by atoms with Crippen molar-refractivity contribution in [2.75, 3.05) is 0 Å². The van der Waals surface area contributed by atoms with Gasteiger partial charge in [0, 0.05) is 12.0 Å². The minimum absolute atomic E-state index is 0.0130. The molecule has 2 nitrogen and oxygen atoms in total. The molecule has 0 bridgehead atoms. The maximum atomic E-state index is 12.8. The zero-order valence-electron chi connectivity index (χ0n) is 14.1. The summed E-state index contributed by atoms with van der Waals surface area (Å²) >= 11 is 0. The lowest BCUT2D eigenvalue weighted by molar-refractivity contribution is -0.122. The fourth-order valence-electron chi connectivity index (χ4n) is 3.76. The molecule has 0 aliphatic heterocycles. The number of rotatable bonds is 5. The van der Waals surface area contributed by atoms with Crippen LogP contribution in [0.1, 0.15) is 23.1 Å². The molecule has 0 aromatic heterocycles. The summed E-state index contributed by atoms with van der Waals surface area (Å²) in [5.74, 6) is 0.123. The van der Waals surface area contributed by atoms with Gasteiger partial charge in [-0.15, -0.1) is 0 Å². The lowest BCUT2D eigenvalue weighted by atomic mass is 9.85. The first-order chi connectivity index (χ1) is 12.3. The third-order valence-corrected chi connectivity index (χ3v) is 5.16. The molecule has 1 atom stereocenters. The highest BCUT2D eigenvalue weighted by atomic mass is 16.2. The van der Waals surface area contributed by atoms with Crippen LogP contribution in [0.15, 0.2) is 91.0 Å². The molecular weight excluding hydrogens is 306 g/mol. The molecule has 124 valence electrons. The van der Waals surface area contributed by atoms with E-state index in [-0.39, 0.29) is 17.2 Å². The quantitative estimate of drug-likeness (QED) is 0.743. The van der Waals surface area contributed by atoms with Gasteiger partial charge in [0.2, 0.25) is 5.91 Å². The van der Waals surface area contributed by atoms with Crippen molar-refractivity contribution in [2.45, 2.75) is 18.4 Å². The Labute approximate surface area is 148 Å². The monoisotopic (exact) mass is 327 g/mol. The Hall–Kier alpha value is -2.87. The lowest BCUT2D eigenvalue weighted by Gasteiger charge is -2.19. The van der Waals surface area contributed by atoms with Gasteiger partial charge in [0.25, 0.3) is 0 Å². The molecule has 0 saturated heterocycles. The van der Waals surface area contributed by atoms with E-state index in [2.05, 4.69) is 53.8 Å². The highest BCUT2D eigenvalue weighted by Crippen LogP contribution is 2.58. The summed E-state index contributed by atoms with van der Waals surface area (Å²) in [5, 5.41) is 3.12. The summed E-state index contributed by atoms with van der Waals surface area (Å²) in [7, 11) is 0. The van der Waals surface area contributed by atoms with Gasteiger partial charge in [-0.3, -0.25) is 4.79 Å². The highest BCUT2D eigenvalue weighted by Gasteiger charge is 2.60. The summed E-state index contributed by atoms with van der Waals surface area (Å²) in [6.45, 7) is 0.579. The number of nitrogens with one attached hydrogen (secondary N) is 1. The van der Waals surface area contributed by atoms with Gasteiger partial charge >= 0.3 is 0 Å². The maximum absolute atomic E-state index is 12.8. The first-order valence-electron chi connectivity index (χ1n) is 8.73. The van der Waals surface area contributed by atoms with Crippen LogP contribution >= 0.6 is 0 Å². The van der Waals surface area contributed by atoms with Gasteiger partial charge in [-0.2, -0.15) is 0 Å². The van der Waals surface area contributed by atoms with E-state index in [4.69, 9.17) is 0 Å². The molecule has 3 aromatic carbocycles. The largest absolute Gasteiger partial charge is 0.352 e. The van der Waals surface area contributed by atoms with Crippen molar-refractivity contribution >= 4 is 5.91 Å². The Morgan fingerprint density at radius 1 is 0.800 bits per heavy atom. The average molecular weight is 327 g/mol. The van der Waals surface area contributed by atoms with E-state index in [0.29, 0.717) is 6.54 Å². The Morgan fingerprint density at radius 3 is 1.80 bits per heavy atom. The molecule has 3 aromatic rings. The van der Waals surface area contributed by atoms with E-state index in [1.165, 1.54) is 11.1 Å². The second-order valence-electron chi connectivity index (χ2n) is 6.66. The van der Waals surface area contributed by atoms with Crippen molar-refractivity contribution < 1.29 is 4.79 Å². The predicted molar refractivity (Wildman–Crippen MR) is 100 cm³/mol. The highest BCUT2D eigenvalue weighted by molar-refractivity contribution is 5.86. The van der Waals surface area contributed by atoms with Crippen molar-refractivity contribution in [3.05, 3.63) is 108 Å². The van der Waals surface area contributed by atoms with Crippen LogP contribution in [0.5, 0.6) is 0 Å². The molecule has 1 fully saturated rings. The van der Waals surface area contributed by atoms with Crippen LogP contribution in [0.2, 0.25) is 0 Å². The third kappa shape index (κ3) is 2.96. The second-order valence-corrected chi connectivity index (χ2v) is 6.66. The Morgan fingerprint density at radius 2 is 1.28 bits per heavy atom. The van der Waals surface area contributed by atoms with E-state index < -0.39 is 0 Å². The number of hydrogen-bond donors (Lipinski definition) is 1. The minimum atomic E-state index is -0.191. The van der Waals surface area contributed by atoms with Crippen LogP contribution in [0.25, 0.3) is 0 Å². The molecule has 0 unspecified atom stereocenters. The van der Waals surface area contributed by atoms with Gasteiger partial charge in [-0.05, 0) is 23.1 Å². The summed E-state index contributed by atoms with van der Waals surface area (Å²) in [6, 6.07) is 30.9. The van der Waals surface area contributed by atoms with Gasteiger partial charge in [0.1, 0.15) is 0 Å². The van der Waals surface area contributed by atoms with E-state index in [9.17, 15) is 4.79 Å². The van der Waals surface area contributed by atoms with E-state index in [0.717, 1.165) is 12.0 Å². The van der Waals surface area contributed by atoms with Crippen LogP contribution in [-0.2, 0) is 16.8 Å². The topological polar surface area (TPSA) is 29.1 Å².